The van der Waals surface area contributed by atoms with E-state index in [9.17, 15) is 4.79 Å². The van der Waals surface area contributed by atoms with Crippen LogP contribution >= 0.6 is 34.8 Å². The van der Waals surface area contributed by atoms with Gasteiger partial charge in [0.15, 0.2) is 0 Å². The zero-order valence-electron chi connectivity index (χ0n) is 7.67. The minimum atomic E-state index is -1.34. The number of benzene rings is 1. The first-order valence-corrected chi connectivity index (χ1v) is 5.08. The standard InChI is InChI=1S/C10H4Cl3NO2/c11-7-2-5(9(13)8(12)3-7)1-6(4-14)10(15)16/h1-3H,(H,15,16)/b6-1+. The highest BCUT2D eigenvalue weighted by molar-refractivity contribution is 6.44. The van der Waals surface area contributed by atoms with Crippen molar-refractivity contribution >= 4 is 46.8 Å². The average Bonchev–Trinajstić information content (AvgIpc) is 2.20. The fourth-order valence-corrected chi connectivity index (χ4v) is 1.65. The summed E-state index contributed by atoms with van der Waals surface area (Å²) in [4.78, 5) is 10.6. The summed E-state index contributed by atoms with van der Waals surface area (Å²) in [5, 5.41) is 17.9. The number of hydrogen-bond donors (Lipinski definition) is 1. The van der Waals surface area contributed by atoms with Gasteiger partial charge in [0.1, 0.15) is 11.6 Å². The Kier molecular flexibility index (Phi) is 4.19. The average molecular weight is 277 g/mol. The summed E-state index contributed by atoms with van der Waals surface area (Å²) < 4.78 is 0. The highest BCUT2D eigenvalue weighted by Crippen LogP contribution is 2.31. The van der Waals surface area contributed by atoms with Crippen LogP contribution in [0.2, 0.25) is 15.1 Å². The topological polar surface area (TPSA) is 61.1 Å². The molecule has 1 aromatic rings. The minimum Gasteiger partial charge on any atom is -0.477 e. The minimum absolute atomic E-state index is 0.153. The number of nitrogens with zero attached hydrogens (tertiary/aromatic N) is 1. The van der Waals surface area contributed by atoms with Gasteiger partial charge in [0.05, 0.1) is 10.0 Å². The fraction of sp³-hybridized carbons (Fsp3) is 0. The molecule has 0 atom stereocenters. The Morgan fingerprint density at radius 1 is 1.38 bits per heavy atom. The van der Waals surface area contributed by atoms with Crippen molar-refractivity contribution < 1.29 is 9.90 Å². The Balaban J connectivity index is 3.35. The molecular weight excluding hydrogens is 272 g/mol. The number of carbonyl (C=O) groups is 1. The Morgan fingerprint density at radius 3 is 2.50 bits per heavy atom. The van der Waals surface area contributed by atoms with E-state index < -0.39 is 11.5 Å². The van der Waals surface area contributed by atoms with Crippen LogP contribution in [-0.4, -0.2) is 11.1 Å². The molecule has 0 saturated heterocycles. The third-order valence-corrected chi connectivity index (χ3v) is 2.71. The zero-order chi connectivity index (χ0) is 12.3. The Labute approximate surface area is 106 Å². The van der Waals surface area contributed by atoms with Crippen molar-refractivity contribution in [1.29, 1.82) is 5.26 Å². The van der Waals surface area contributed by atoms with Crippen LogP contribution in [0, 0.1) is 11.3 Å². The van der Waals surface area contributed by atoms with Crippen LogP contribution in [0.15, 0.2) is 17.7 Å². The molecule has 0 spiro atoms. The lowest BCUT2D eigenvalue weighted by Crippen LogP contribution is -1.97. The van der Waals surface area contributed by atoms with Crippen molar-refractivity contribution in [2.45, 2.75) is 0 Å². The molecule has 82 valence electrons. The van der Waals surface area contributed by atoms with Crippen LogP contribution in [0.3, 0.4) is 0 Å². The van der Waals surface area contributed by atoms with E-state index in [1.807, 2.05) is 0 Å². The first-order valence-electron chi connectivity index (χ1n) is 3.95. The summed E-state index contributed by atoms with van der Waals surface area (Å²) in [6, 6.07) is 4.39. The predicted molar refractivity (Wildman–Crippen MR) is 62.7 cm³/mol. The number of carboxylic acid groups (broad SMARTS) is 1. The second kappa shape index (κ2) is 5.22. The van der Waals surface area contributed by atoms with Gasteiger partial charge in [-0.1, -0.05) is 34.8 Å². The van der Waals surface area contributed by atoms with Gasteiger partial charge in [-0.15, -0.1) is 0 Å². The smallest absolute Gasteiger partial charge is 0.346 e. The molecule has 0 aromatic heterocycles. The van der Waals surface area contributed by atoms with E-state index in [4.69, 9.17) is 45.2 Å². The van der Waals surface area contributed by atoms with Crippen LogP contribution in [0.1, 0.15) is 5.56 Å². The molecular formula is C10H4Cl3NO2. The van der Waals surface area contributed by atoms with E-state index in [0.717, 1.165) is 6.08 Å². The monoisotopic (exact) mass is 275 g/mol. The number of nitriles is 1. The highest BCUT2D eigenvalue weighted by atomic mass is 35.5. The first kappa shape index (κ1) is 12.9. The molecule has 0 unspecified atom stereocenters. The molecule has 1 aromatic carbocycles. The van der Waals surface area contributed by atoms with Crippen molar-refractivity contribution in [3.05, 3.63) is 38.3 Å². The molecule has 1 N–H and O–H groups in total. The quantitative estimate of drug-likeness (QED) is 0.509. The van der Waals surface area contributed by atoms with Crippen molar-refractivity contribution in [2.24, 2.45) is 0 Å². The lowest BCUT2D eigenvalue weighted by molar-refractivity contribution is -0.132. The Bertz CT molecular complexity index is 518. The van der Waals surface area contributed by atoms with Crippen LogP contribution in [0.25, 0.3) is 6.08 Å². The largest absolute Gasteiger partial charge is 0.477 e. The summed E-state index contributed by atoms with van der Waals surface area (Å²) in [6.07, 6.45) is 1.11. The second-order valence-corrected chi connectivity index (χ2v) is 3.99. The summed E-state index contributed by atoms with van der Waals surface area (Å²) in [6.45, 7) is 0. The summed E-state index contributed by atoms with van der Waals surface area (Å²) >= 11 is 17.3. The van der Waals surface area contributed by atoms with Crippen LogP contribution in [-0.2, 0) is 4.79 Å². The lowest BCUT2D eigenvalue weighted by atomic mass is 10.1. The van der Waals surface area contributed by atoms with Gasteiger partial charge in [-0.2, -0.15) is 5.26 Å². The maximum Gasteiger partial charge on any atom is 0.346 e. The molecule has 16 heavy (non-hydrogen) atoms. The molecule has 0 saturated carbocycles. The normalized spacial score (nSPS) is 11.0. The van der Waals surface area contributed by atoms with E-state index in [0.29, 0.717) is 5.02 Å². The van der Waals surface area contributed by atoms with Crippen LogP contribution < -0.4 is 0 Å². The molecule has 1 rings (SSSR count). The predicted octanol–water partition coefficient (Wildman–Crippen LogP) is 3.64. The third kappa shape index (κ3) is 2.89. The number of halogens is 3. The number of carboxylic acids is 1. The van der Waals surface area contributed by atoms with E-state index >= 15 is 0 Å². The molecule has 6 heteroatoms. The van der Waals surface area contributed by atoms with E-state index in [2.05, 4.69) is 0 Å². The Hall–Kier alpha value is -1.21. The van der Waals surface area contributed by atoms with Gasteiger partial charge < -0.3 is 5.11 Å². The van der Waals surface area contributed by atoms with Crippen molar-refractivity contribution in [1.82, 2.24) is 0 Å². The van der Waals surface area contributed by atoms with E-state index in [1.165, 1.54) is 18.2 Å². The maximum absolute atomic E-state index is 10.6. The molecule has 0 bridgehead atoms. The number of hydrogen-bond acceptors (Lipinski definition) is 2. The van der Waals surface area contributed by atoms with E-state index in [-0.39, 0.29) is 15.6 Å². The third-order valence-electron chi connectivity index (χ3n) is 1.67. The van der Waals surface area contributed by atoms with Gasteiger partial charge in [0.25, 0.3) is 0 Å². The summed E-state index contributed by atoms with van der Waals surface area (Å²) in [5.74, 6) is -1.34. The molecule has 3 nitrogen and oxygen atoms in total. The molecule has 0 amide bonds. The van der Waals surface area contributed by atoms with Crippen molar-refractivity contribution in [2.75, 3.05) is 0 Å². The second-order valence-electron chi connectivity index (χ2n) is 2.77. The molecule has 0 aliphatic carbocycles. The van der Waals surface area contributed by atoms with Crippen molar-refractivity contribution in [3.8, 4) is 6.07 Å². The fourth-order valence-electron chi connectivity index (χ4n) is 0.978. The molecule has 0 radical (unpaired) electrons. The van der Waals surface area contributed by atoms with Gasteiger partial charge in [0, 0.05) is 5.02 Å². The summed E-state index contributed by atoms with van der Waals surface area (Å²) in [5.41, 5.74) is -0.154. The lowest BCUT2D eigenvalue weighted by Gasteiger charge is -2.02. The SMILES string of the molecule is N#C/C(=C\c1cc(Cl)cc(Cl)c1Cl)C(=O)O. The van der Waals surface area contributed by atoms with E-state index in [1.54, 1.807) is 0 Å². The van der Waals surface area contributed by atoms with Crippen LogP contribution in [0.4, 0.5) is 0 Å². The molecule has 0 fully saturated rings. The van der Waals surface area contributed by atoms with Gasteiger partial charge in [-0.3, -0.25) is 0 Å². The molecule has 0 heterocycles. The van der Waals surface area contributed by atoms with Crippen LogP contribution in [0.5, 0.6) is 0 Å². The van der Waals surface area contributed by atoms with Gasteiger partial charge in [-0.25, -0.2) is 4.79 Å². The number of aliphatic carboxylic acids is 1. The molecule has 0 aliphatic heterocycles. The van der Waals surface area contributed by atoms with Gasteiger partial charge in [-0.05, 0) is 23.8 Å². The van der Waals surface area contributed by atoms with Gasteiger partial charge >= 0.3 is 5.97 Å². The first-order chi connectivity index (χ1) is 7.45. The molecule has 0 aliphatic rings. The Morgan fingerprint density at radius 2 is 2.00 bits per heavy atom. The highest BCUT2D eigenvalue weighted by Gasteiger charge is 2.10. The summed E-state index contributed by atoms with van der Waals surface area (Å²) in [7, 11) is 0. The zero-order valence-corrected chi connectivity index (χ0v) is 9.94. The van der Waals surface area contributed by atoms with Crippen molar-refractivity contribution in [3.63, 3.8) is 0 Å². The number of rotatable bonds is 2. The maximum atomic E-state index is 10.6. The van der Waals surface area contributed by atoms with Gasteiger partial charge in [0.2, 0.25) is 0 Å².